The molecule has 0 bridgehead atoms. The molecule has 4 aromatic rings. The fourth-order valence-electron chi connectivity index (χ4n) is 6.03. The van der Waals surface area contributed by atoms with E-state index in [1.807, 2.05) is 0 Å². The van der Waals surface area contributed by atoms with Crippen LogP contribution in [0.15, 0.2) is 77.7 Å². The number of halogens is 3. The van der Waals surface area contributed by atoms with Gasteiger partial charge >= 0.3 is 30.5 Å². The van der Waals surface area contributed by atoms with Gasteiger partial charge in [-0.2, -0.15) is 13.2 Å². The lowest BCUT2D eigenvalue weighted by atomic mass is 10.1. The Kier molecular flexibility index (Phi) is 20.7. The Morgan fingerprint density at radius 3 is 1.62 bits per heavy atom. The van der Waals surface area contributed by atoms with Crippen molar-refractivity contribution in [2.45, 2.75) is 138 Å². The van der Waals surface area contributed by atoms with E-state index in [0.717, 1.165) is 21.6 Å². The van der Waals surface area contributed by atoms with Gasteiger partial charge in [-0.1, -0.05) is 48.5 Å². The minimum absolute atomic E-state index is 0.0198. The minimum Gasteiger partial charge on any atom is -0.447 e. The predicted octanol–water partition coefficient (Wildman–Crippen LogP) is 8.93. The van der Waals surface area contributed by atoms with Crippen LogP contribution < -0.4 is 32.6 Å². The van der Waals surface area contributed by atoms with Crippen LogP contribution in [0.4, 0.5) is 43.9 Å². The second-order valence-corrected chi connectivity index (χ2v) is 19.1. The Labute approximate surface area is 421 Å². The van der Waals surface area contributed by atoms with Gasteiger partial charge in [0.25, 0.3) is 5.56 Å². The second kappa shape index (κ2) is 25.4. The lowest BCUT2D eigenvalue weighted by molar-refractivity contribution is -0.137. The Balaban J connectivity index is 0.000000405. The first kappa shape index (κ1) is 59.3. The van der Waals surface area contributed by atoms with E-state index >= 15 is 0 Å². The molecule has 396 valence electrons. The van der Waals surface area contributed by atoms with E-state index < -0.39 is 65.3 Å². The van der Waals surface area contributed by atoms with Gasteiger partial charge in [0, 0.05) is 35.0 Å². The van der Waals surface area contributed by atoms with E-state index in [4.69, 9.17) is 35.5 Å². The smallest absolute Gasteiger partial charge is 0.420 e. The topological polar surface area (TPSA) is 282 Å². The highest BCUT2D eigenvalue weighted by atomic mass is 19.4. The molecule has 0 spiro atoms. The molecule has 73 heavy (non-hydrogen) atoms. The van der Waals surface area contributed by atoms with Crippen molar-refractivity contribution in [2.24, 2.45) is 0 Å². The van der Waals surface area contributed by atoms with Crippen LogP contribution in [0.5, 0.6) is 0 Å². The number of hydrogen-bond donors (Lipinski definition) is 7. The number of ether oxygens (including phenoxy) is 4. The van der Waals surface area contributed by atoms with Crippen LogP contribution in [0.2, 0.25) is 0 Å². The molecule has 0 saturated carbocycles. The summed E-state index contributed by atoms with van der Waals surface area (Å²) in [6.45, 7) is 20.0. The maximum atomic E-state index is 13.4. The highest BCUT2D eigenvalue weighted by molar-refractivity contribution is 6.05. The number of nitrogens with two attached hydrogens (primary N) is 1. The van der Waals surface area contributed by atoms with E-state index in [1.165, 1.54) is 12.3 Å². The molecule has 0 atom stereocenters. The normalized spacial score (nSPS) is 11.4. The molecule has 0 radical (unpaired) electrons. The number of carbonyl (C=O) groups excluding carboxylic acids is 5. The molecule has 8 N–H and O–H groups in total. The fourth-order valence-corrected chi connectivity index (χ4v) is 6.03. The van der Waals surface area contributed by atoms with Crippen LogP contribution in [0.25, 0.3) is 11.3 Å². The molecular formula is C50H65F3N10O10. The number of amides is 5. The third kappa shape index (κ3) is 20.3. The van der Waals surface area contributed by atoms with Crippen LogP contribution in [0.3, 0.4) is 0 Å². The molecule has 0 saturated heterocycles. The van der Waals surface area contributed by atoms with Gasteiger partial charge < -0.3 is 35.3 Å². The quantitative estimate of drug-likeness (QED) is 0.0285. The number of nitrogens with one attached hydrogen (secondary N) is 6. The number of aromatic nitrogens is 2. The van der Waals surface area contributed by atoms with Crippen molar-refractivity contribution in [3.05, 3.63) is 111 Å². The highest BCUT2D eigenvalue weighted by Crippen LogP contribution is 2.34. The number of benzene rings is 3. The maximum absolute atomic E-state index is 13.4. The Hall–Kier alpha value is -7.98. The number of rotatable bonds is 13. The molecule has 0 fully saturated rings. The van der Waals surface area contributed by atoms with Crippen LogP contribution in [-0.4, -0.2) is 85.9 Å². The summed E-state index contributed by atoms with van der Waals surface area (Å²) in [5.74, 6) is -0.949. The number of imide groups is 1. The van der Waals surface area contributed by atoms with Crippen molar-refractivity contribution in [3.8, 4) is 11.3 Å². The summed E-state index contributed by atoms with van der Waals surface area (Å²) < 4.78 is 61.9. The van der Waals surface area contributed by atoms with Crippen LogP contribution in [-0.2, 0) is 49.6 Å². The second-order valence-electron chi connectivity index (χ2n) is 19.1. The van der Waals surface area contributed by atoms with Crippen molar-refractivity contribution in [3.63, 3.8) is 0 Å². The predicted molar refractivity (Wildman–Crippen MR) is 268 cm³/mol. The van der Waals surface area contributed by atoms with Gasteiger partial charge in [0.05, 0.1) is 36.2 Å². The van der Waals surface area contributed by atoms with E-state index in [2.05, 4.69) is 26.3 Å². The first-order chi connectivity index (χ1) is 33.7. The molecule has 5 amide bonds. The number of anilines is 2. The maximum Gasteiger partial charge on any atom is 0.420 e. The fraction of sp³-hybridized carbons (Fsp3) is 0.420. The molecule has 1 heterocycles. The molecule has 0 aliphatic heterocycles. The highest BCUT2D eigenvalue weighted by Gasteiger charge is 2.33. The summed E-state index contributed by atoms with van der Waals surface area (Å²) in [5, 5.41) is 26.2. The van der Waals surface area contributed by atoms with Crippen LogP contribution >= 0.6 is 0 Å². The van der Waals surface area contributed by atoms with Gasteiger partial charge in [-0.3, -0.25) is 35.6 Å². The van der Waals surface area contributed by atoms with E-state index in [0.29, 0.717) is 22.3 Å². The molecule has 23 heteroatoms. The van der Waals surface area contributed by atoms with Gasteiger partial charge in [0.2, 0.25) is 5.91 Å². The van der Waals surface area contributed by atoms with Gasteiger partial charge in [-0.15, -0.1) is 0 Å². The monoisotopic (exact) mass is 1020 g/mol. The summed E-state index contributed by atoms with van der Waals surface area (Å²) in [5.41, 5.74) is 4.34. The zero-order valence-electron chi connectivity index (χ0n) is 42.9. The molecule has 0 aliphatic rings. The number of nitrogens with zero attached hydrogens (tertiary/aromatic N) is 3. The molecule has 0 unspecified atom stereocenters. The van der Waals surface area contributed by atoms with E-state index in [9.17, 15) is 41.9 Å². The third-order valence-electron chi connectivity index (χ3n) is 9.04. The van der Waals surface area contributed by atoms with Crippen LogP contribution in [0.1, 0.15) is 111 Å². The number of alkyl halides is 3. The summed E-state index contributed by atoms with van der Waals surface area (Å²) in [6, 6.07) is 15.6. The van der Waals surface area contributed by atoms with Crippen molar-refractivity contribution in [1.82, 2.24) is 30.4 Å². The molecular weight excluding hydrogens is 958 g/mol. The molecule has 3 aromatic carbocycles. The SMILES string of the molecule is CC(C)Nc1ncc(-c2cc(N)cc(C(F)(F)F)c2)n(CC(=O)NCc2ccc(C(=N)NC(=O)OC(C)C)cc2)c1=O.CC(C)OC(=O)NC(=N)c1ccc(CN(C(=O)OC(C)(C)C)C(=O)OC(C)(C)C)cc1. The van der Waals surface area contributed by atoms with Crippen molar-refractivity contribution in [2.75, 3.05) is 11.1 Å². The van der Waals surface area contributed by atoms with E-state index in [-0.39, 0.29) is 65.8 Å². The zero-order chi connectivity index (χ0) is 55.2. The number of hydrogen-bond acceptors (Lipinski definition) is 15. The Morgan fingerprint density at radius 2 is 1.19 bits per heavy atom. The molecule has 20 nitrogen and oxygen atoms in total. The van der Waals surface area contributed by atoms with Gasteiger partial charge in [0.15, 0.2) is 5.82 Å². The first-order valence-electron chi connectivity index (χ1n) is 22.9. The minimum atomic E-state index is -4.68. The van der Waals surface area contributed by atoms with Crippen LogP contribution in [0, 0.1) is 10.8 Å². The average Bonchev–Trinajstić information content (AvgIpc) is 3.24. The van der Waals surface area contributed by atoms with Gasteiger partial charge in [0.1, 0.15) is 29.4 Å². The average molecular weight is 1020 g/mol. The number of carbonyl (C=O) groups is 5. The molecule has 1 aromatic heterocycles. The standard InChI is InChI=1S/C28H32F3N7O4.C22H33N3O6/c1-15(2)36-25-26(40)38(22(13-35-25)19-9-20(28(29,30)31)11-21(32)10-19)14-23(39)34-12-17-5-7-18(8-6-17)24(33)37-27(41)42-16(3)4;1-14(2)29-18(26)24-17(23)16-11-9-15(10-12-16)13-25(19(27)30-21(3,4)5)20(28)31-22(6,7)8/h5-11,13,15-16H,12,14,32H2,1-4H3,(H,34,39)(H,35,36)(H2,33,37,41);9-12,14H,13H2,1-8H3,(H2,23,24,26). The zero-order valence-corrected chi connectivity index (χ0v) is 42.9. The number of nitrogen functional groups attached to an aromatic ring is 1. The summed E-state index contributed by atoms with van der Waals surface area (Å²) in [7, 11) is 0. The summed E-state index contributed by atoms with van der Waals surface area (Å²) in [4.78, 5) is 79.7. The third-order valence-corrected chi connectivity index (χ3v) is 9.04. The van der Waals surface area contributed by atoms with Crippen molar-refractivity contribution in [1.29, 1.82) is 10.8 Å². The lowest BCUT2D eigenvalue weighted by Crippen LogP contribution is -2.43. The Morgan fingerprint density at radius 1 is 0.726 bits per heavy atom. The number of alkyl carbamates (subject to hydrolysis) is 2. The summed E-state index contributed by atoms with van der Waals surface area (Å²) >= 11 is 0. The van der Waals surface area contributed by atoms with Gasteiger partial charge in [-0.25, -0.2) is 29.1 Å². The Bertz CT molecular complexity index is 2650. The van der Waals surface area contributed by atoms with E-state index in [1.54, 1.807) is 132 Å². The van der Waals surface area contributed by atoms with Gasteiger partial charge in [-0.05, 0) is 112 Å². The van der Waals surface area contributed by atoms with Crippen molar-refractivity contribution >= 4 is 53.5 Å². The largest absolute Gasteiger partial charge is 0.447 e. The lowest BCUT2D eigenvalue weighted by Gasteiger charge is -2.28. The van der Waals surface area contributed by atoms with Crippen molar-refractivity contribution < 1.29 is 56.1 Å². The molecule has 0 aliphatic carbocycles. The first-order valence-corrected chi connectivity index (χ1v) is 22.9. The molecule has 4 rings (SSSR count). The number of amidine groups is 2. The summed E-state index contributed by atoms with van der Waals surface area (Å²) in [6.07, 6.45) is -7.23.